The maximum atomic E-state index is 5.36. The number of benzene rings is 2. The Balaban J connectivity index is 1.99. The number of ether oxygens (including phenoxy) is 2. The summed E-state index contributed by atoms with van der Waals surface area (Å²) in [5.74, 6) is 3.89. The monoisotopic (exact) mass is 352 g/mol. The van der Waals surface area contributed by atoms with E-state index in [1.807, 2.05) is 0 Å². The van der Waals surface area contributed by atoms with E-state index in [0.29, 0.717) is 5.92 Å². The predicted molar refractivity (Wildman–Crippen MR) is 108 cm³/mol. The standard InChI is InChI=1S/C24H32O2/c1-17(2)19-14-15-24(3,20-8-12-22(26-5)13-9-20)23(16-19)18-6-10-21(25-4)11-7-18/h6-13,17,19,23H,14-16H2,1-5H3. The molecule has 1 aliphatic rings. The first-order valence-electron chi connectivity index (χ1n) is 9.76. The van der Waals surface area contributed by atoms with Crippen LogP contribution >= 0.6 is 0 Å². The molecule has 2 nitrogen and oxygen atoms in total. The summed E-state index contributed by atoms with van der Waals surface area (Å²) >= 11 is 0. The third-order valence-corrected chi connectivity index (χ3v) is 6.55. The van der Waals surface area contributed by atoms with Crippen molar-refractivity contribution in [2.45, 2.75) is 51.4 Å². The van der Waals surface area contributed by atoms with Crippen LogP contribution in [-0.2, 0) is 5.41 Å². The van der Waals surface area contributed by atoms with Crippen LogP contribution < -0.4 is 9.47 Å². The third kappa shape index (κ3) is 3.60. The second-order valence-corrected chi connectivity index (χ2v) is 8.25. The van der Waals surface area contributed by atoms with Gasteiger partial charge in [-0.2, -0.15) is 0 Å². The molecule has 1 fully saturated rings. The summed E-state index contributed by atoms with van der Waals surface area (Å²) < 4.78 is 10.7. The predicted octanol–water partition coefficient (Wildman–Crippen LogP) is 6.20. The zero-order valence-corrected chi connectivity index (χ0v) is 16.8. The van der Waals surface area contributed by atoms with Crippen molar-refractivity contribution in [3.63, 3.8) is 0 Å². The lowest BCUT2D eigenvalue weighted by Gasteiger charge is -2.46. The summed E-state index contributed by atoms with van der Waals surface area (Å²) in [6.45, 7) is 7.18. The maximum absolute atomic E-state index is 5.36. The minimum absolute atomic E-state index is 0.145. The van der Waals surface area contributed by atoms with Crippen molar-refractivity contribution < 1.29 is 9.47 Å². The third-order valence-electron chi connectivity index (χ3n) is 6.55. The topological polar surface area (TPSA) is 18.5 Å². The first kappa shape index (κ1) is 18.8. The lowest BCUT2D eigenvalue weighted by atomic mass is 9.58. The second-order valence-electron chi connectivity index (χ2n) is 8.25. The van der Waals surface area contributed by atoms with Gasteiger partial charge in [-0.15, -0.1) is 0 Å². The molecule has 140 valence electrons. The molecule has 0 radical (unpaired) electrons. The van der Waals surface area contributed by atoms with Crippen molar-refractivity contribution in [2.24, 2.45) is 11.8 Å². The van der Waals surface area contributed by atoms with Crippen molar-refractivity contribution in [3.8, 4) is 11.5 Å². The second kappa shape index (κ2) is 7.73. The van der Waals surface area contributed by atoms with Crippen molar-refractivity contribution in [3.05, 3.63) is 59.7 Å². The summed E-state index contributed by atoms with van der Waals surface area (Å²) in [4.78, 5) is 0. The van der Waals surface area contributed by atoms with Crippen LogP contribution in [0.2, 0.25) is 0 Å². The average molecular weight is 353 g/mol. The van der Waals surface area contributed by atoms with Crippen molar-refractivity contribution in [1.82, 2.24) is 0 Å². The minimum atomic E-state index is 0.145. The molecule has 0 saturated heterocycles. The molecule has 3 unspecified atom stereocenters. The van der Waals surface area contributed by atoms with Gasteiger partial charge in [0.15, 0.2) is 0 Å². The minimum Gasteiger partial charge on any atom is -0.497 e. The first-order chi connectivity index (χ1) is 12.5. The Labute approximate surface area is 158 Å². The van der Waals surface area contributed by atoms with Crippen molar-refractivity contribution in [2.75, 3.05) is 14.2 Å². The quantitative estimate of drug-likeness (QED) is 0.637. The normalized spacial score (nSPS) is 25.9. The Morgan fingerprint density at radius 2 is 1.42 bits per heavy atom. The number of hydrogen-bond acceptors (Lipinski definition) is 2. The smallest absolute Gasteiger partial charge is 0.118 e. The summed E-state index contributed by atoms with van der Waals surface area (Å²) in [7, 11) is 3.45. The molecule has 0 N–H and O–H groups in total. The SMILES string of the molecule is COc1ccc(C2CC(C(C)C)CCC2(C)c2ccc(OC)cc2)cc1. The van der Waals surface area contributed by atoms with E-state index < -0.39 is 0 Å². The van der Waals surface area contributed by atoms with Crippen molar-refractivity contribution >= 4 is 0 Å². The highest BCUT2D eigenvalue weighted by Crippen LogP contribution is 2.52. The highest BCUT2D eigenvalue weighted by molar-refractivity contribution is 5.39. The Morgan fingerprint density at radius 1 is 0.885 bits per heavy atom. The van der Waals surface area contributed by atoms with Gasteiger partial charge in [0.25, 0.3) is 0 Å². The Kier molecular flexibility index (Phi) is 5.60. The molecule has 0 aromatic heterocycles. The van der Waals surface area contributed by atoms with Crippen LogP contribution in [0.5, 0.6) is 11.5 Å². The van der Waals surface area contributed by atoms with Gasteiger partial charge in [0.05, 0.1) is 14.2 Å². The summed E-state index contributed by atoms with van der Waals surface area (Å²) in [5, 5.41) is 0. The van der Waals surface area contributed by atoms with E-state index in [2.05, 4.69) is 69.3 Å². The van der Waals surface area contributed by atoms with Crippen LogP contribution in [-0.4, -0.2) is 14.2 Å². The summed E-state index contributed by atoms with van der Waals surface area (Å²) in [5.41, 5.74) is 2.99. The van der Waals surface area contributed by atoms with Gasteiger partial charge in [-0.25, -0.2) is 0 Å². The summed E-state index contributed by atoms with van der Waals surface area (Å²) in [6.07, 6.45) is 3.76. The molecule has 0 aliphatic heterocycles. The van der Waals surface area contributed by atoms with Crippen molar-refractivity contribution in [1.29, 1.82) is 0 Å². The molecular formula is C24H32O2. The first-order valence-corrected chi connectivity index (χ1v) is 9.76. The van der Waals surface area contributed by atoms with Gasteiger partial charge in [0.1, 0.15) is 11.5 Å². The van der Waals surface area contributed by atoms with Crippen LogP contribution in [0.25, 0.3) is 0 Å². The zero-order valence-electron chi connectivity index (χ0n) is 16.8. The van der Waals surface area contributed by atoms with E-state index in [9.17, 15) is 0 Å². The molecule has 0 heterocycles. The van der Waals surface area contributed by atoms with E-state index in [0.717, 1.165) is 23.3 Å². The van der Waals surface area contributed by atoms with Crippen LogP contribution in [0.1, 0.15) is 57.1 Å². The molecule has 26 heavy (non-hydrogen) atoms. The largest absolute Gasteiger partial charge is 0.497 e. The lowest BCUT2D eigenvalue weighted by Crippen LogP contribution is -2.37. The molecule has 1 saturated carbocycles. The molecule has 3 atom stereocenters. The van der Waals surface area contributed by atoms with Gasteiger partial charge in [-0.1, -0.05) is 45.0 Å². The zero-order chi connectivity index (χ0) is 18.7. The van der Waals surface area contributed by atoms with Crippen LogP contribution in [0.4, 0.5) is 0 Å². The van der Waals surface area contributed by atoms with E-state index >= 15 is 0 Å². The Morgan fingerprint density at radius 3 is 1.92 bits per heavy atom. The van der Waals surface area contributed by atoms with E-state index in [1.54, 1.807) is 14.2 Å². The van der Waals surface area contributed by atoms with Gasteiger partial charge in [-0.05, 0) is 77.8 Å². The molecule has 2 heteroatoms. The van der Waals surface area contributed by atoms with Gasteiger partial charge in [0, 0.05) is 0 Å². The Hall–Kier alpha value is -1.96. The molecule has 3 rings (SSSR count). The maximum Gasteiger partial charge on any atom is 0.118 e. The molecule has 2 aromatic carbocycles. The number of rotatable bonds is 5. The fraction of sp³-hybridized carbons (Fsp3) is 0.500. The Bertz CT molecular complexity index is 702. The van der Waals surface area contributed by atoms with E-state index in [1.165, 1.54) is 30.4 Å². The van der Waals surface area contributed by atoms with Gasteiger partial charge < -0.3 is 9.47 Å². The van der Waals surface area contributed by atoms with Gasteiger partial charge in [0.2, 0.25) is 0 Å². The van der Waals surface area contributed by atoms with E-state index in [-0.39, 0.29) is 5.41 Å². The number of hydrogen-bond donors (Lipinski definition) is 0. The fourth-order valence-corrected chi connectivity index (χ4v) is 4.60. The van der Waals surface area contributed by atoms with Gasteiger partial charge in [-0.3, -0.25) is 0 Å². The van der Waals surface area contributed by atoms with Crippen LogP contribution in [0.3, 0.4) is 0 Å². The molecule has 0 amide bonds. The highest BCUT2D eigenvalue weighted by atomic mass is 16.5. The van der Waals surface area contributed by atoms with Gasteiger partial charge >= 0.3 is 0 Å². The van der Waals surface area contributed by atoms with Crippen LogP contribution in [0.15, 0.2) is 48.5 Å². The molecule has 1 aliphatic carbocycles. The van der Waals surface area contributed by atoms with Crippen LogP contribution in [0, 0.1) is 11.8 Å². The molecular weight excluding hydrogens is 320 g/mol. The highest BCUT2D eigenvalue weighted by Gasteiger charge is 2.42. The number of methoxy groups -OCH3 is 2. The average Bonchev–Trinajstić information content (AvgIpc) is 2.68. The molecule has 0 spiro atoms. The van der Waals surface area contributed by atoms with E-state index in [4.69, 9.17) is 9.47 Å². The fourth-order valence-electron chi connectivity index (χ4n) is 4.60. The lowest BCUT2D eigenvalue weighted by molar-refractivity contribution is 0.172. The summed E-state index contributed by atoms with van der Waals surface area (Å²) in [6, 6.07) is 17.4. The molecule has 2 aromatic rings. The molecule has 0 bridgehead atoms.